The van der Waals surface area contributed by atoms with Gasteiger partial charge >= 0.3 is 0 Å². The molecule has 0 unspecified atom stereocenters. The van der Waals surface area contributed by atoms with Crippen molar-refractivity contribution in [1.82, 2.24) is 0 Å². The van der Waals surface area contributed by atoms with Crippen LogP contribution in [0.5, 0.6) is 0 Å². The second kappa shape index (κ2) is 4.88. The van der Waals surface area contributed by atoms with Crippen molar-refractivity contribution in [3.05, 3.63) is 51.0 Å². The summed E-state index contributed by atoms with van der Waals surface area (Å²) in [6.07, 6.45) is 1.43. The third-order valence-electron chi connectivity index (χ3n) is 2.35. The molecule has 86 valence electrons. The molecule has 0 spiro atoms. The minimum absolute atomic E-state index is 0.0914. The maximum Gasteiger partial charge on any atom is 0.249 e. The molecule has 0 saturated heterocycles. The van der Waals surface area contributed by atoms with E-state index in [4.69, 9.17) is 0 Å². The van der Waals surface area contributed by atoms with Gasteiger partial charge in [0.2, 0.25) is 5.70 Å². The molecule has 0 aliphatic heterocycles. The molecule has 0 aliphatic carbocycles. The van der Waals surface area contributed by atoms with Gasteiger partial charge in [-0.3, -0.25) is 10.1 Å². The van der Waals surface area contributed by atoms with Gasteiger partial charge in [-0.2, -0.15) is 0 Å². The first-order valence-corrected chi connectivity index (χ1v) is 5.04. The van der Waals surface area contributed by atoms with Crippen LogP contribution < -0.4 is 0 Å². The molecule has 0 fully saturated rings. The lowest BCUT2D eigenvalue weighted by atomic mass is 10.0. The van der Waals surface area contributed by atoms with E-state index in [9.17, 15) is 14.5 Å². The minimum atomic E-state index is -0.422. The SMILES string of the molecule is Cc1ccc(F)cc1/C=C(/C(C)C)[N+](=O)[O-]. The second-order valence-corrected chi connectivity index (χ2v) is 3.98. The van der Waals surface area contributed by atoms with Gasteiger partial charge in [-0.05, 0) is 30.2 Å². The Morgan fingerprint density at radius 1 is 1.50 bits per heavy atom. The molecule has 1 aromatic carbocycles. The second-order valence-electron chi connectivity index (χ2n) is 3.98. The van der Waals surface area contributed by atoms with Crippen LogP contribution in [-0.4, -0.2) is 4.92 Å². The predicted molar refractivity (Wildman–Crippen MR) is 60.9 cm³/mol. The molecule has 0 aliphatic rings. The van der Waals surface area contributed by atoms with Gasteiger partial charge in [0.05, 0.1) is 4.92 Å². The van der Waals surface area contributed by atoms with Crippen LogP contribution in [0.4, 0.5) is 4.39 Å². The van der Waals surface area contributed by atoms with E-state index in [-0.39, 0.29) is 17.4 Å². The summed E-state index contributed by atoms with van der Waals surface area (Å²) >= 11 is 0. The third kappa shape index (κ3) is 2.89. The lowest BCUT2D eigenvalue weighted by molar-refractivity contribution is -0.431. The fourth-order valence-corrected chi connectivity index (χ4v) is 1.36. The molecule has 1 rings (SSSR count). The quantitative estimate of drug-likeness (QED) is 0.582. The molecule has 0 amide bonds. The van der Waals surface area contributed by atoms with Crippen molar-refractivity contribution in [3.63, 3.8) is 0 Å². The molecule has 4 heteroatoms. The first-order valence-electron chi connectivity index (χ1n) is 5.04. The maximum atomic E-state index is 13.0. The van der Waals surface area contributed by atoms with E-state index in [0.717, 1.165) is 5.56 Å². The van der Waals surface area contributed by atoms with Crippen molar-refractivity contribution in [2.75, 3.05) is 0 Å². The Balaban J connectivity index is 3.22. The van der Waals surface area contributed by atoms with Gasteiger partial charge in [0.15, 0.2) is 0 Å². The first kappa shape index (κ1) is 12.4. The number of nitrogens with zero attached hydrogens (tertiary/aromatic N) is 1. The van der Waals surface area contributed by atoms with Crippen molar-refractivity contribution in [2.45, 2.75) is 20.8 Å². The fraction of sp³-hybridized carbons (Fsp3) is 0.333. The Hall–Kier alpha value is -1.71. The van der Waals surface area contributed by atoms with E-state index in [1.165, 1.54) is 18.2 Å². The molecule has 0 bridgehead atoms. The highest BCUT2D eigenvalue weighted by Crippen LogP contribution is 2.18. The van der Waals surface area contributed by atoms with Crippen LogP contribution in [0, 0.1) is 28.8 Å². The standard InChI is InChI=1S/C12H14FNO2/c1-8(2)12(14(15)16)7-10-6-11(13)5-4-9(10)3/h4-8H,1-3H3/b12-7-. The van der Waals surface area contributed by atoms with Gasteiger partial charge in [0.25, 0.3) is 0 Å². The third-order valence-corrected chi connectivity index (χ3v) is 2.35. The Labute approximate surface area is 93.7 Å². The average Bonchev–Trinajstić information content (AvgIpc) is 2.18. The summed E-state index contributed by atoms with van der Waals surface area (Å²) in [7, 11) is 0. The molecular weight excluding hydrogens is 209 g/mol. The maximum absolute atomic E-state index is 13.0. The lowest BCUT2D eigenvalue weighted by Crippen LogP contribution is -2.05. The molecule has 16 heavy (non-hydrogen) atoms. The van der Waals surface area contributed by atoms with E-state index in [1.54, 1.807) is 26.8 Å². The zero-order valence-electron chi connectivity index (χ0n) is 9.53. The summed E-state index contributed by atoms with van der Waals surface area (Å²) in [5, 5.41) is 10.8. The van der Waals surface area contributed by atoms with Crippen LogP contribution in [0.3, 0.4) is 0 Å². The molecule has 0 aromatic heterocycles. The summed E-state index contributed by atoms with van der Waals surface area (Å²) < 4.78 is 13.0. The fourth-order valence-electron chi connectivity index (χ4n) is 1.36. The Bertz CT molecular complexity index is 439. The van der Waals surface area contributed by atoms with Crippen molar-refractivity contribution in [3.8, 4) is 0 Å². The topological polar surface area (TPSA) is 43.1 Å². The van der Waals surface area contributed by atoms with E-state index in [0.29, 0.717) is 5.56 Å². The number of halogens is 1. The predicted octanol–water partition coefficient (Wildman–Crippen LogP) is 3.41. The zero-order chi connectivity index (χ0) is 12.3. The minimum Gasteiger partial charge on any atom is -0.259 e. The van der Waals surface area contributed by atoms with Crippen molar-refractivity contribution >= 4 is 6.08 Å². The number of rotatable bonds is 3. The van der Waals surface area contributed by atoms with Crippen LogP contribution >= 0.6 is 0 Å². The Morgan fingerprint density at radius 2 is 2.12 bits per heavy atom. The van der Waals surface area contributed by atoms with E-state index >= 15 is 0 Å². The highest BCUT2D eigenvalue weighted by molar-refractivity contribution is 5.55. The van der Waals surface area contributed by atoms with Gasteiger partial charge in [-0.25, -0.2) is 4.39 Å². The Kier molecular flexibility index (Phi) is 3.77. The first-order chi connectivity index (χ1) is 7.41. The van der Waals surface area contributed by atoms with Crippen LogP contribution in [0.15, 0.2) is 23.9 Å². The van der Waals surface area contributed by atoms with E-state index in [1.807, 2.05) is 0 Å². The molecule has 3 nitrogen and oxygen atoms in total. The number of nitro groups is 1. The number of aryl methyl sites for hydroxylation is 1. The summed E-state index contributed by atoms with van der Waals surface area (Å²) in [4.78, 5) is 10.4. The summed E-state index contributed by atoms with van der Waals surface area (Å²) in [5.74, 6) is -0.582. The molecule has 0 saturated carbocycles. The average molecular weight is 223 g/mol. The monoisotopic (exact) mass is 223 g/mol. The molecule has 0 radical (unpaired) electrons. The number of hydrogen-bond donors (Lipinski definition) is 0. The largest absolute Gasteiger partial charge is 0.259 e. The van der Waals surface area contributed by atoms with E-state index < -0.39 is 4.92 Å². The van der Waals surface area contributed by atoms with Crippen LogP contribution in [-0.2, 0) is 0 Å². The van der Waals surface area contributed by atoms with Crippen molar-refractivity contribution in [1.29, 1.82) is 0 Å². The molecule has 0 atom stereocenters. The van der Waals surface area contributed by atoms with Crippen molar-refractivity contribution < 1.29 is 9.31 Å². The number of benzene rings is 1. The van der Waals surface area contributed by atoms with Crippen LogP contribution in [0.25, 0.3) is 6.08 Å². The lowest BCUT2D eigenvalue weighted by Gasteiger charge is -2.04. The van der Waals surface area contributed by atoms with E-state index in [2.05, 4.69) is 0 Å². The zero-order valence-corrected chi connectivity index (χ0v) is 9.53. The van der Waals surface area contributed by atoms with Gasteiger partial charge in [0.1, 0.15) is 5.82 Å². The normalized spacial score (nSPS) is 11.9. The van der Waals surface area contributed by atoms with Crippen LogP contribution in [0.2, 0.25) is 0 Å². The van der Waals surface area contributed by atoms with Gasteiger partial charge in [-0.15, -0.1) is 0 Å². The summed E-state index contributed by atoms with van der Waals surface area (Å²) in [6, 6.07) is 4.26. The number of hydrogen-bond acceptors (Lipinski definition) is 2. The number of allylic oxidation sites excluding steroid dienone is 1. The van der Waals surface area contributed by atoms with Gasteiger partial charge < -0.3 is 0 Å². The van der Waals surface area contributed by atoms with Crippen LogP contribution in [0.1, 0.15) is 25.0 Å². The highest BCUT2D eigenvalue weighted by Gasteiger charge is 2.16. The molecular formula is C12H14FNO2. The molecule has 1 aromatic rings. The van der Waals surface area contributed by atoms with Gasteiger partial charge in [-0.1, -0.05) is 19.9 Å². The van der Waals surface area contributed by atoms with Crippen molar-refractivity contribution in [2.24, 2.45) is 5.92 Å². The Morgan fingerprint density at radius 3 is 2.62 bits per heavy atom. The smallest absolute Gasteiger partial charge is 0.249 e. The molecule has 0 N–H and O–H groups in total. The summed E-state index contributed by atoms with van der Waals surface area (Å²) in [6.45, 7) is 5.27. The van der Waals surface area contributed by atoms with Gasteiger partial charge in [0, 0.05) is 12.0 Å². The molecule has 0 heterocycles. The summed E-state index contributed by atoms with van der Waals surface area (Å²) in [5.41, 5.74) is 1.47. The highest BCUT2D eigenvalue weighted by atomic mass is 19.1.